The van der Waals surface area contributed by atoms with Crippen LogP contribution in [0.2, 0.25) is 5.02 Å². The third kappa shape index (κ3) is 5.92. The highest BCUT2D eigenvalue weighted by Crippen LogP contribution is 2.24. The summed E-state index contributed by atoms with van der Waals surface area (Å²) >= 11 is 6.29. The van der Waals surface area contributed by atoms with Crippen molar-refractivity contribution in [1.29, 1.82) is 0 Å². The van der Waals surface area contributed by atoms with Gasteiger partial charge in [-0.05, 0) is 58.2 Å². The van der Waals surface area contributed by atoms with Crippen LogP contribution in [0, 0.1) is 0 Å². The van der Waals surface area contributed by atoms with Crippen molar-refractivity contribution in [3.63, 3.8) is 0 Å². The molecule has 0 bridgehead atoms. The Morgan fingerprint density at radius 2 is 1.88 bits per heavy atom. The highest BCUT2D eigenvalue weighted by Gasteiger charge is 2.21. The van der Waals surface area contributed by atoms with E-state index in [2.05, 4.69) is 10.6 Å². The van der Waals surface area contributed by atoms with Crippen LogP contribution in [0.3, 0.4) is 0 Å². The van der Waals surface area contributed by atoms with Crippen molar-refractivity contribution in [2.24, 2.45) is 0 Å². The summed E-state index contributed by atoms with van der Waals surface area (Å²) in [5, 5.41) is 6.18. The third-order valence-corrected chi connectivity index (χ3v) is 4.47. The minimum Gasteiger partial charge on any atom is -0.444 e. The lowest BCUT2D eigenvalue weighted by Crippen LogP contribution is -2.34. The van der Waals surface area contributed by atoms with Gasteiger partial charge in [-0.2, -0.15) is 0 Å². The lowest BCUT2D eigenvalue weighted by atomic mass is 10.1. The maximum absolute atomic E-state index is 12.4. The summed E-state index contributed by atoms with van der Waals surface area (Å²) in [4.78, 5) is 24.2. The predicted molar refractivity (Wildman–Crippen MR) is 99.0 cm³/mol. The van der Waals surface area contributed by atoms with Crippen molar-refractivity contribution in [3.05, 3.63) is 34.3 Å². The molecule has 2 N–H and O–H groups in total. The van der Waals surface area contributed by atoms with E-state index < -0.39 is 11.7 Å². The average molecular weight is 367 g/mol. The van der Waals surface area contributed by atoms with E-state index in [1.165, 1.54) is 0 Å². The molecule has 1 aliphatic carbocycles. The normalized spacial score (nSPS) is 16.4. The van der Waals surface area contributed by atoms with Crippen LogP contribution in [-0.4, -0.2) is 23.6 Å². The van der Waals surface area contributed by atoms with E-state index in [0.717, 1.165) is 31.2 Å². The van der Waals surface area contributed by atoms with E-state index in [-0.39, 0.29) is 18.0 Å². The molecule has 2 rings (SSSR count). The first kappa shape index (κ1) is 19.6. The Morgan fingerprint density at radius 1 is 1.24 bits per heavy atom. The molecular weight excluding hydrogens is 340 g/mol. The van der Waals surface area contributed by atoms with E-state index >= 15 is 0 Å². The number of nitrogens with one attached hydrogen (secondary N) is 2. The Morgan fingerprint density at radius 3 is 2.44 bits per heavy atom. The van der Waals surface area contributed by atoms with Crippen molar-refractivity contribution in [3.8, 4) is 0 Å². The smallest absolute Gasteiger partial charge is 0.408 e. The van der Waals surface area contributed by atoms with Crippen LogP contribution in [-0.2, 0) is 4.74 Å². The monoisotopic (exact) mass is 366 g/mol. The van der Waals surface area contributed by atoms with Crippen molar-refractivity contribution in [2.75, 3.05) is 0 Å². The summed E-state index contributed by atoms with van der Waals surface area (Å²) < 4.78 is 5.25. The second kappa shape index (κ2) is 8.09. The van der Waals surface area contributed by atoms with Gasteiger partial charge in [-0.15, -0.1) is 0 Å². The van der Waals surface area contributed by atoms with Gasteiger partial charge < -0.3 is 15.4 Å². The largest absolute Gasteiger partial charge is 0.444 e. The van der Waals surface area contributed by atoms with E-state index in [1.807, 2.05) is 27.7 Å². The number of halogens is 1. The Labute approximate surface area is 154 Å². The van der Waals surface area contributed by atoms with E-state index in [9.17, 15) is 9.59 Å². The number of hydrogen-bond acceptors (Lipinski definition) is 3. The maximum Gasteiger partial charge on any atom is 0.408 e. The van der Waals surface area contributed by atoms with Gasteiger partial charge in [0.25, 0.3) is 5.91 Å². The fourth-order valence-electron chi connectivity index (χ4n) is 2.89. The molecule has 25 heavy (non-hydrogen) atoms. The van der Waals surface area contributed by atoms with Crippen molar-refractivity contribution in [1.82, 2.24) is 10.6 Å². The molecule has 1 atom stereocenters. The average Bonchev–Trinajstić information content (AvgIpc) is 2.97. The minimum atomic E-state index is -0.552. The number of amides is 2. The summed E-state index contributed by atoms with van der Waals surface area (Å²) in [6, 6.07) is 5.19. The zero-order valence-corrected chi connectivity index (χ0v) is 16.1. The lowest BCUT2D eigenvalue weighted by molar-refractivity contribution is 0.0507. The molecule has 0 unspecified atom stereocenters. The molecule has 138 valence electrons. The number of carbonyl (C=O) groups is 2. The van der Waals surface area contributed by atoms with Crippen LogP contribution < -0.4 is 10.6 Å². The second-order valence-electron chi connectivity index (χ2n) is 7.56. The number of alkyl carbamates (subject to hydrolysis) is 1. The first-order chi connectivity index (χ1) is 11.7. The third-order valence-electron chi connectivity index (χ3n) is 4.16. The summed E-state index contributed by atoms with van der Waals surface area (Å²) in [5.41, 5.74) is 0.721. The molecule has 0 spiro atoms. The quantitative estimate of drug-likeness (QED) is 0.818. The topological polar surface area (TPSA) is 67.4 Å². The molecule has 1 aromatic carbocycles. The zero-order chi connectivity index (χ0) is 18.6. The van der Waals surface area contributed by atoms with Gasteiger partial charge in [0, 0.05) is 6.04 Å². The summed E-state index contributed by atoms with van der Waals surface area (Å²) in [7, 11) is 0. The zero-order valence-electron chi connectivity index (χ0n) is 15.3. The Kier molecular flexibility index (Phi) is 6.33. The summed E-state index contributed by atoms with van der Waals surface area (Å²) in [5.74, 6) is -0.142. The van der Waals surface area contributed by atoms with Gasteiger partial charge in [-0.25, -0.2) is 4.79 Å². The molecule has 1 aliphatic rings. The Balaban J connectivity index is 2.00. The summed E-state index contributed by atoms with van der Waals surface area (Å²) in [6.07, 6.45) is 3.88. The summed E-state index contributed by atoms with van der Waals surface area (Å²) in [6.45, 7) is 7.28. The van der Waals surface area contributed by atoms with Crippen LogP contribution in [0.5, 0.6) is 0 Å². The molecule has 1 fully saturated rings. The van der Waals surface area contributed by atoms with Gasteiger partial charge in [0.15, 0.2) is 0 Å². The molecule has 0 saturated heterocycles. The molecule has 0 radical (unpaired) electrons. The van der Waals surface area contributed by atoms with Crippen molar-refractivity contribution in [2.45, 2.75) is 71.1 Å². The second-order valence-corrected chi connectivity index (χ2v) is 7.97. The number of benzene rings is 1. The predicted octanol–water partition coefficient (Wildman–Crippen LogP) is 4.60. The van der Waals surface area contributed by atoms with Gasteiger partial charge in [0.2, 0.25) is 0 Å². The van der Waals surface area contributed by atoms with E-state index in [4.69, 9.17) is 16.3 Å². The SMILES string of the molecule is C[C@H](NC(=O)OC(C)(C)C)c1ccc(C(=O)NC2CCCC2)c(Cl)c1. The molecular formula is C19H27ClN2O3. The van der Waals surface area contributed by atoms with Gasteiger partial charge >= 0.3 is 6.09 Å². The molecule has 0 aromatic heterocycles. The lowest BCUT2D eigenvalue weighted by Gasteiger charge is -2.22. The fourth-order valence-corrected chi connectivity index (χ4v) is 3.16. The van der Waals surface area contributed by atoms with Crippen LogP contribution in [0.15, 0.2) is 18.2 Å². The highest BCUT2D eigenvalue weighted by molar-refractivity contribution is 6.33. The Hall–Kier alpha value is -1.75. The molecule has 1 aromatic rings. The van der Waals surface area contributed by atoms with Gasteiger partial charge in [-0.3, -0.25) is 4.79 Å². The molecule has 5 nitrogen and oxygen atoms in total. The molecule has 0 aliphatic heterocycles. The van der Waals surface area contributed by atoms with Crippen LogP contribution in [0.4, 0.5) is 4.79 Å². The number of hydrogen-bond donors (Lipinski definition) is 2. The first-order valence-electron chi connectivity index (χ1n) is 8.75. The van der Waals surface area contributed by atoms with E-state index in [1.54, 1.807) is 18.2 Å². The van der Waals surface area contributed by atoms with Crippen LogP contribution >= 0.6 is 11.6 Å². The van der Waals surface area contributed by atoms with Gasteiger partial charge in [0.05, 0.1) is 16.6 Å². The number of carbonyl (C=O) groups excluding carboxylic acids is 2. The molecule has 1 saturated carbocycles. The Bertz CT molecular complexity index is 634. The van der Waals surface area contributed by atoms with Crippen LogP contribution in [0.25, 0.3) is 0 Å². The number of ether oxygens (including phenoxy) is 1. The molecule has 2 amide bonds. The number of rotatable bonds is 4. The minimum absolute atomic E-state index is 0.142. The molecule has 0 heterocycles. The first-order valence-corrected chi connectivity index (χ1v) is 9.13. The van der Waals surface area contributed by atoms with E-state index in [0.29, 0.717) is 10.6 Å². The van der Waals surface area contributed by atoms with Gasteiger partial charge in [0.1, 0.15) is 5.60 Å². The maximum atomic E-state index is 12.4. The van der Waals surface area contributed by atoms with Crippen molar-refractivity contribution >= 4 is 23.6 Å². The van der Waals surface area contributed by atoms with Gasteiger partial charge in [-0.1, -0.05) is 30.5 Å². The van der Waals surface area contributed by atoms with Crippen molar-refractivity contribution < 1.29 is 14.3 Å². The molecule has 6 heteroatoms. The fraction of sp³-hybridized carbons (Fsp3) is 0.579. The highest BCUT2D eigenvalue weighted by atomic mass is 35.5. The standard InChI is InChI=1S/C19H27ClN2O3/c1-12(21-18(24)25-19(2,3)4)13-9-10-15(16(20)11-13)17(23)22-14-7-5-6-8-14/h9-12,14H,5-8H2,1-4H3,(H,21,24)(H,22,23)/t12-/m0/s1. The van der Waals surface area contributed by atoms with Crippen LogP contribution in [0.1, 0.15) is 75.3 Å².